The lowest BCUT2D eigenvalue weighted by Crippen LogP contribution is -2.45. The van der Waals surface area contributed by atoms with Crippen molar-refractivity contribution in [3.63, 3.8) is 0 Å². The molecule has 0 bridgehead atoms. The third-order valence-electron chi connectivity index (χ3n) is 5.33. The van der Waals surface area contributed by atoms with Crippen molar-refractivity contribution in [2.24, 2.45) is 0 Å². The summed E-state index contributed by atoms with van der Waals surface area (Å²) >= 11 is 2.59. The number of aryl methyl sites for hydroxylation is 1. The smallest absolute Gasteiger partial charge is 0.323 e. The lowest BCUT2D eigenvalue weighted by molar-refractivity contribution is -0.133. The van der Waals surface area contributed by atoms with Gasteiger partial charge in [-0.25, -0.2) is 9.18 Å². The summed E-state index contributed by atoms with van der Waals surface area (Å²) in [5.41, 5.74) is 0.924. The van der Waals surface area contributed by atoms with Crippen molar-refractivity contribution in [1.29, 1.82) is 0 Å². The Labute approximate surface area is 204 Å². The molecule has 11 heteroatoms. The van der Waals surface area contributed by atoms with Crippen LogP contribution in [0.25, 0.3) is 0 Å². The highest BCUT2D eigenvalue weighted by Crippen LogP contribution is 2.28. The van der Waals surface area contributed by atoms with E-state index in [0.717, 1.165) is 16.0 Å². The van der Waals surface area contributed by atoms with E-state index in [2.05, 4.69) is 20.8 Å². The fourth-order valence-electron chi connectivity index (χ4n) is 3.45. The van der Waals surface area contributed by atoms with Crippen molar-refractivity contribution in [1.82, 2.24) is 20.4 Å². The number of anilines is 1. The Morgan fingerprint density at radius 3 is 2.59 bits per heavy atom. The Balaban J connectivity index is 1.29. The molecule has 1 aromatic heterocycles. The van der Waals surface area contributed by atoms with Crippen LogP contribution in [-0.2, 0) is 21.8 Å². The van der Waals surface area contributed by atoms with Gasteiger partial charge in [0.1, 0.15) is 17.9 Å². The molecule has 4 amide bonds. The maximum absolute atomic E-state index is 13.0. The maximum Gasteiger partial charge on any atom is 0.325 e. The van der Waals surface area contributed by atoms with Gasteiger partial charge in [-0.3, -0.25) is 19.8 Å². The Hall–Kier alpha value is -3.31. The molecule has 1 aliphatic rings. The van der Waals surface area contributed by atoms with E-state index in [1.807, 2.05) is 30.3 Å². The number of halogens is 1. The van der Waals surface area contributed by atoms with Crippen LogP contribution in [0, 0.1) is 5.82 Å². The number of aromatic nitrogens is 2. The lowest BCUT2D eigenvalue weighted by Gasteiger charge is -2.21. The number of urea groups is 1. The van der Waals surface area contributed by atoms with Crippen LogP contribution < -0.4 is 10.6 Å². The van der Waals surface area contributed by atoms with E-state index in [0.29, 0.717) is 22.9 Å². The topological polar surface area (TPSA) is 104 Å². The number of nitrogens with zero attached hydrogens (tertiary/aromatic N) is 3. The van der Waals surface area contributed by atoms with Gasteiger partial charge in [0.05, 0.1) is 0 Å². The van der Waals surface area contributed by atoms with Crippen LogP contribution in [0.3, 0.4) is 0 Å². The number of carbonyl (C=O) groups is 3. The number of carbonyl (C=O) groups excluding carboxylic acids is 3. The van der Waals surface area contributed by atoms with Gasteiger partial charge in [-0.1, -0.05) is 65.6 Å². The van der Waals surface area contributed by atoms with Crippen LogP contribution in [0.1, 0.15) is 24.5 Å². The molecule has 2 N–H and O–H groups in total. The van der Waals surface area contributed by atoms with Crippen molar-refractivity contribution in [3.05, 3.63) is 71.5 Å². The van der Waals surface area contributed by atoms with Gasteiger partial charge < -0.3 is 5.32 Å². The molecule has 0 radical (unpaired) electrons. The molecule has 1 aliphatic heterocycles. The molecule has 4 rings (SSSR count). The zero-order chi connectivity index (χ0) is 24.1. The number of hydrogen-bond acceptors (Lipinski definition) is 7. The van der Waals surface area contributed by atoms with E-state index in [9.17, 15) is 18.8 Å². The zero-order valence-electron chi connectivity index (χ0n) is 18.3. The first-order chi connectivity index (χ1) is 16.3. The minimum atomic E-state index is -1.07. The largest absolute Gasteiger partial charge is 0.325 e. The average Bonchev–Trinajstić information content (AvgIpc) is 3.35. The van der Waals surface area contributed by atoms with Gasteiger partial charge >= 0.3 is 6.03 Å². The fraction of sp³-hybridized carbons (Fsp3) is 0.261. The molecule has 1 atom stereocenters. The van der Waals surface area contributed by atoms with Gasteiger partial charge in [0.2, 0.25) is 11.0 Å². The molecule has 8 nitrogen and oxygen atoms in total. The molecular weight excluding hydrogens is 477 g/mol. The minimum Gasteiger partial charge on any atom is -0.323 e. The zero-order valence-corrected chi connectivity index (χ0v) is 19.9. The molecule has 0 unspecified atom stereocenters. The molecular formula is C23H22FN5O3S2. The van der Waals surface area contributed by atoms with Crippen LogP contribution in [0.2, 0.25) is 0 Å². The highest BCUT2D eigenvalue weighted by Gasteiger charge is 2.47. The monoisotopic (exact) mass is 499 g/mol. The number of imide groups is 1. The van der Waals surface area contributed by atoms with Crippen LogP contribution in [-0.4, -0.2) is 45.0 Å². The molecule has 0 saturated carbocycles. The van der Waals surface area contributed by atoms with Gasteiger partial charge in [-0.05, 0) is 43.0 Å². The van der Waals surface area contributed by atoms with Crippen molar-refractivity contribution in [3.8, 4) is 0 Å². The number of benzene rings is 2. The third kappa shape index (κ3) is 5.78. The van der Waals surface area contributed by atoms with Crippen LogP contribution in [0.15, 0.2) is 58.9 Å². The van der Waals surface area contributed by atoms with E-state index in [1.165, 1.54) is 35.2 Å². The predicted octanol–water partition coefficient (Wildman–Crippen LogP) is 3.85. The normalized spacial score (nSPS) is 17.6. The molecule has 0 spiro atoms. The van der Waals surface area contributed by atoms with Gasteiger partial charge in [-0.15, -0.1) is 10.2 Å². The SMILES string of the molecule is C[C@@]1(CCc2ccccc2)NC(=O)N(CC(=O)Nc2nnc(SCc3ccc(F)cc3)s2)C1=O. The molecule has 2 aromatic carbocycles. The molecule has 3 aromatic rings. The number of rotatable bonds is 9. The second-order valence-electron chi connectivity index (χ2n) is 7.98. The van der Waals surface area contributed by atoms with Gasteiger partial charge in [0.25, 0.3) is 5.91 Å². The van der Waals surface area contributed by atoms with Crippen LogP contribution >= 0.6 is 23.1 Å². The standard InChI is InChI=1S/C23H22FN5O3S2/c1-23(12-11-15-5-3-2-4-6-15)19(31)29(21(32)26-23)13-18(30)25-20-27-28-22(34-20)33-14-16-7-9-17(24)10-8-16/h2-10H,11-14H2,1H3,(H,26,32)(H,25,27,30)/t23-/m0/s1. The van der Waals surface area contributed by atoms with E-state index in [-0.39, 0.29) is 10.9 Å². The van der Waals surface area contributed by atoms with Crippen molar-refractivity contribution in [2.45, 2.75) is 35.4 Å². The number of amides is 4. The summed E-state index contributed by atoms with van der Waals surface area (Å²) < 4.78 is 13.6. The minimum absolute atomic E-state index is 0.269. The first-order valence-corrected chi connectivity index (χ1v) is 12.3. The van der Waals surface area contributed by atoms with E-state index in [1.54, 1.807) is 19.1 Å². The Bertz CT molecular complexity index is 1190. The summed E-state index contributed by atoms with van der Waals surface area (Å²) in [7, 11) is 0. The Kier molecular flexibility index (Phi) is 7.23. The van der Waals surface area contributed by atoms with Crippen molar-refractivity contribution < 1.29 is 18.8 Å². The third-order valence-corrected chi connectivity index (χ3v) is 7.37. The first kappa shape index (κ1) is 23.8. The second kappa shape index (κ2) is 10.3. The van der Waals surface area contributed by atoms with E-state index >= 15 is 0 Å². The average molecular weight is 500 g/mol. The summed E-state index contributed by atoms with van der Waals surface area (Å²) in [6, 6.07) is 15.3. The van der Waals surface area contributed by atoms with E-state index in [4.69, 9.17) is 0 Å². The van der Waals surface area contributed by atoms with Crippen molar-refractivity contribution in [2.75, 3.05) is 11.9 Å². The summed E-state index contributed by atoms with van der Waals surface area (Å²) in [6.45, 7) is 1.26. The highest BCUT2D eigenvalue weighted by molar-refractivity contribution is 8.00. The molecule has 1 saturated heterocycles. The number of nitrogens with one attached hydrogen (secondary N) is 2. The summed E-state index contributed by atoms with van der Waals surface area (Å²) in [4.78, 5) is 38.7. The molecule has 34 heavy (non-hydrogen) atoms. The fourth-order valence-corrected chi connectivity index (χ4v) is 5.17. The summed E-state index contributed by atoms with van der Waals surface area (Å²) in [5, 5.41) is 13.5. The second-order valence-corrected chi connectivity index (χ2v) is 10.2. The van der Waals surface area contributed by atoms with Crippen LogP contribution in [0.4, 0.5) is 14.3 Å². The van der Waals surface area contributed by atoms with Crippen LogP contribution in [0.5, 0.6) is 0 Å². The summed E-state index contributed by atoms with van der Waals surface area (Å²) in [5.74, 6) is -0.692. The van der Waals surface area contributed by atoms with E-state index < -0.39 is 29.9 Å². The number of hydrogen-bond donors (Lipinski definition) is 2. The number of thioether (sulfide) groups is 1. The Morgan fingerprint density at radius 2 is 1.85 bits per heavy atom. The Morgan fingerprint density at radius 1 is 1.12 bits per heavy atom. The predicted molar refractivity (Wildman–Crippen MR) is 128 cm³/mol. The summed E-state index contributed by atoms with van der Waals surface area (Å²) in [6.07, 6.45) is 1.04. The molecule has 0 aliphatic carbocycles. The quantitative estimate of drug-likeness (QED) is 0.263. The highest BCUT2D eigenvalue weighted by atomic mass is 32.2. The maximum atomic E-state index is 13.0. The van der Waals surface area contributed by atoms with Crippen molar-refractivity contribution >= 4 is 46.1 Å². The molecule has 1 fully saturated rings. The first-order valence-electron chi connectivity index (χ1n) is 10.5. The van der Waals surface area contributed by atoms with Gasteiger partial charge in [0.15, 0.2) is 4.34 Å². The molecule has 176 valence electrons. The molecule has 2 heterocycles. The van der Waals surface area contributed by atoms with Gasteiger partial charge in [0, 0.05) is 5.75 Å². The lowest BCUT2D eigenvalue weighted by atomic mass is 9.93. The van der Waals surface area contributed by atoms with Gasteiger partial charge in [-0.2, -0.15) is 0 Å².